The van der Waals surface area contributed by atoms with Gasteiger partial charge in [-0.05, 0) is 53.8 Å². The number of nitriles is 1. The summed E-state index contributed by atoms with van der Waals surface area (Å²) in [7, 11) is 0. The van der Waals surface area contributed by atoms with Crippen molar-refractivity contribution in [3.63, 3.8) is 0 Å². The molecular weight excluding hydrogens is 198 g/mol. The van der Waals surface area contributed by atoms with Gasteiger partial charge in [-0.2, -0.15) is 5.26 Å². The van der Waals surface area contributed by atoms with Gasteiger partial charge in [-0.15, -0.1) is 0 Å². The minimum absolute atomic E-state index is 0.135. The summed E-state index contributed by atoms with van der Waals surface area (Å²) >= 11 is 0. The molecule has 0 radical (unpaired) electrons. The molecule has 94 valence electrons. The summed E-state index contributed by atoms with van der Waals surface area (Å²) < 4.78 is 0. The molecule has 0 bridgehead atoms. The fourth-order valence-electron chi connectivity index (χ4n) is 1.57. The van der Waals surface area contributed by atoms with Gasteiger partial charge < -0.3 is 10.2 Å². The molecule has 0 heterocycles. The van der Waals surface area contributed by atoms with Crippen molar-refractivity contribution in [3.05, 3.63) is 0 Å². The van der Waals surface area contributed by atoms with Crippen LogP contribution in [0.15, 0.2) is 0 Å². The Hall–Kier alpha value is -0.590. The maximum Gasteiger partial charge on any atom is 0.0666 e. The molecule has 1 atom stereocenters. The molecule has 0 aromatic rings. The monoisotopic (exact) mass is 225 g/mol. The highest BCUT2D eigenvalue weighted by molar-refractivity contribution is 4.81. The lowest BCUT2D eigenvalue weighted by atomic mass is 10.1. The number of nitrogens with one attached hydrogen (secondary N) is 1. The largest absolute Gasteiger partial charge is 0.312 e. The number of nitrogens with zero attached hydrogens (tertiary/aromatic N) is 2. The Morgan fingerprint density at radius 2 is 2.00 bits per heavy atom. The van der Waals surface area contributed by atoms with Gasteiger partial charge in [0.05, 0.1) is 12.0 Å². The molecule has 0 aliphatic rings. The smallest absolute Gasteiger partial charge is 0.0666 e. The fourth-order valence-corrected chi connectivity index (χ4v) is 1.57. The zero-order valence-electron chi connectivity index (χ0n) is 11.5. The van der Waals surface area contributed by atoms with Crippen molar-refractivity contribution in [2.24, 2.45) is 5.92 Å². The molecule has 0 aliphatic heterocycles. The van der Waals surface area contributed by atoms with Crippen LogP contribution in [0.4, 0.5) is 0 Å². The van der Waals surface area contributed by atoms with Crippen molar-refractivity contribution in [2.45, 2.75) is 46.6 Å². The average Bonchev–Trinajstić information content (AvgIpc) is 2.20. The van der Waals surface area contributed by atoms with E-state index in [-0.39, 0.29) is 11.5 Å². The van der Waals surface area contributed by atoms with Crippen LogP contribution < -0.4 is 5.32 Å². The van der Waals surface area contributed by atoms with Crippen molar-refractivity contribution in [1.82, 2.24) is 10.2 Å². The molecule has 0 saturated heterocycles. The molecule has 3 heteroatoms. The predicted molar refractivity (Wildman–Crippen MR) is 69.3 cm³/mol. The van der Waals surface area contributed by atoms with Gasteiger partial charge in [-0.25, -0.2) is 0 Å². The Bertz CT molecular complexity index is 212. The summed E-state index contributed by atoms with van der Waals surface area (Å²) in [6, 6.07) is 2.29. The Balaban J connectivity index is 3.68. The van der Waals surface area contributed by atoms with Gasteiger partial charge in [-0.3, -0.25) is 0 Å². The van der Waals surface area contributed by atoms with Crippen LogP contribution in [0.2, 0.25) is 0 Å². The van der Waals surface area contributed by atoms with Crippen molar-refractivity contribution in [2.75, 3.05) is 26.2 Å². The van der Waals surface area contributed by atoms with Crippen LogP contribution in [-0.4, -0.2) is 36.6 Å². The SMILES string of the molecule is CCN(CCCNC(C)(C)C)CC(C)C#N. The van der Waals surface area contributed by atoms with E-state index in [0.29, 0.717) is 0 Å². The first-order valence-electron chi connectivity index (χ1n) is 6.26. The van der Waals surface area contributed by atoms with Crippen LogP contribution in [0.1, 0.15) is 41.0 Å². The third-order valence-electron chi connectivity index (χ3n) is 2.51. The molecular formula is C13H27N3. The van der Waals surface area contributed by atoms with E-state index in [1.54, 1.807) is 0 Å². The summed E-state index contributed by atoms with van der Waals surface area (Å²) in [5.74, 6) is 0.135. The van der Waals surface area contributed by atoms with Crippen LogP contribution in [0, 0.1) is 17.2 Å². The Labute approximate surface area is 101 Å². The topological polar surface area (TPSA) is 39.1 Å². The van der Waals surface area contributed by atoms with E-state index < -0.39 is 0 Å². The molecule has 1 unspecified atom stereocenters. The Kier molecular flexibility index (Phi) is 7.36. The fraction of sp³-hybridized carbons (Fsp3) is 0.923. The number of hydrogen-bond donors (Lipinski definition) is 1. The highest BCUT2D eigenvalue weighted by Gasteiger charge is 2.10. The van der Waals surface area contributed by atoms with Crippen molar-refractivity contribution < 1.29 is 0 Å². The standard InChI is InChI=1S/C13H27N3/c1-6-16(11-12(2)10-14)9-7-8-15-13(3,4)5/h12,15H,6-9,11H2,1-5H3. The van der Waals surface area contributed by atoms with E-state index in [1.807, 2.05) is 6.92 Å². The van der Waals surface area contributed by atoms with E-state index in [4.69, 9.17) is 5.26 Å². The average molecular weight is 225 g/mol. The van der Waals surface area contributed by atoms with E-state index in [2.05, 4.69) is 44.0 Å². The molecule has 0 saturated carbocycles. The maximum atomic E-state index is 8.77. The minimum Gasteiger partial charge on any atom is -0.312 e. The molecule has 0 spiro atoms. The summed E-state index contributed by atoms with van der Waals surface area (Å²) in [6.07, 6.45) is 1.14. The van der Waals surface area contributed by atoms with Crippen LogP contribution in [0.3, 0.4) is 0 Å². The third kappa shape index (κ3) is 8.70. The van der Waals surface area contributed by atoms with E-state index in [9.17, 15) is 0 Å². The summed E-state index contributed by atoms with van der Waals surface area (Å²) in [4.78, 5) is 2.35. The van der Waals surface area contributed by atoms with E-state index in [1.165, 1.54) is 0 Å². The van der Waals surface area contributed by atoms with Gasteiger partial charge in [0.1, 0.15) is 0 Å². The van der Waals surface area contributed by atoms with Gasteiger partial charge in [0.2, 0.25) is 0 Å². The van der Waals surface area contributed by atoms with Crippen LogP contribution in [0.25, 0.3) is 0 Å². The summed E-state index contributed by atoms with van der Waals surface area (Å²) in [5, 5.41) is 12.2. The molecule has 0 rings (SSSR count). The molecule has 0 aliphatic carbocycles. The number of hydrogen-bond acceptors (Lipinski definition) is 3. The number of rotatable bonds is 7. The molecule has 0 aromatic carbocycles. The van der Waals surface area contributed by atoms with Gasteiger partial charge in [0.25, 0.3) is 0 Å². The summed E-state index contributed by atoms with van der Waals surface area (Å²) in [5.41, 5.74) is 0.205. The zero-order chi connectivity index (χ0) is 12.6. The van der Waals surface area contributed by atoms with Crippen molar-refractivity contribution in [1.29, 1.82) is 5.26 Å². The minimum atomic E-state index is 0.135. The van der Waals surface area contributed by atoms with Crippen molar-refractivity contribution >= 4 is 0 Å². The zero-order valence-corrected chi connectivity index (χ0v) is 11.5. The molecule has 3 nitrogen and oxygen atoms in total. The predicted octanol–water partition coefficient (Wildman–Crippen LogP) is 2.25. The molecule has 16 heavy (non-hydrogen) atoms. The molecule has 0 fully saturated rings. The Morgan fingerprint density at radius 1 is 1.38 bits per heavy atom. The Morgan fingerprint density at radius 3 is 2.44 bits per heavy atom. The molecule has 0 amide bonds. The normalized spacial score (nSPS) is 13.8. The molecule has 1 N–H and O–H groups in total. The first kappa shape index (κ1) is 15.4. The second-order valence-corrected chi connectivity index (χ2v) is 5.45. The quantitative estimate of drug-likeness (QED) is 0.675. The lowest BCUT2D eigenvalue weighted by Gasteiger charge is -2.24. The summed E-state index contributed by atoms with van der Waals surface area (Å²) in [6.45, 7) is 14.7. The second-order valence-electron chi connectivity index (χ2n) is 5.45. The van der Waals surface area contributed by atoms with Gasteiger partial charge in [0, 0.05) is 12.1 Å². The van der Waals surface area contributed by atoms with E-state index in [0.717, 1.165) is 32.6 Å². The highest BCUT2D eigenvalue weighted by atomic mass is 15.1. The third-order valence-corrected chi connectivity index (χ3v) is 2.51. The van der Waals surface area contributed by atoms with E-state index >= 15 is 0 Å². The first-order valence-corrected chi connectivity index (χ1v) is 6.26. The highest BCUT2D eigenvalue weighted by Crippen LogP contribution is 2.01. The first-order chi connectivity index (χ1) is 7.39. The van der Waals surface area contributed by atoms with Crippen molar-refractivity contribution in [3.8, 4) is 6.07 Å². The lowest BCUT2D eigenvalue weighted by Crippen LogP contribution is -2.38. The lowest BCUT2D eigenvalue weighted by molar-refractivity contribution is 0.260. The van der Waals surface area contributed by atoms with Gasteiger partial charge >= 0.3 is 0 Å². The van der Waals surface area contributed by atoms with Crippen LogP contribution in [-0.2, 0) is 0 Å². The van der Waals surface area contributed by atoms with Crippen LogP contribution in [0.5, 0.6) is 0 Å². The van der Waals surface area contributed by atoms with Crippen LogP contribution >= 0.6 is 0 Å². The second kappa shape index (κ2) is 7.65. The van der Waals surface area contributed by atoms with Gasteiger partial charge in [0.15, 0.2) is 0 Å². The van der Waals surface area contributed by atoms with Gasteiger partial charge in [-0.1, -0.05) is 6.92 Å². The maximum absolute atomic E-state index is 8.77. The molecule has 0 aromatic heterocycles.